The van der Waals surface area contributed by atoms with E-state index < -0.39 is 0 Å². The lowest BCUT2D eigenvalue weighted by atomic mass is 9.85. The van der Waals surface area contributed by atoms with Gasteiger partial charge in [-0.2, -0.15) is 0 Å². The van der Waals surface area contributed by atoms with Crippen LogP contribution in [0.1, 0.15) is 6.42 Å². The number of fused-ring (bicyclic) bond motifs is 7. The lowest BCUT2D eigenvalue weighted by Crippen LogP contribution is -2.39. The van der Waals surface area contributed by atoms with Crippen LogP contribution in [-0.4, -0.2) is 34.2 Å². The summed E-state index contributed by atoms with van der Waals surface area (Å²) < 4.78 is 0. The number of amides is 3. The summed E-state index contributed by atoms with van der Waals surface area (Å²) in [6.07, 6.45) is 4.98. The number of nitrogens with one attached hydrogen (secondary N) is 1. The van der Waals surface area contributed by atoms with E-state index in [2.05, 4.69) is 22.5 Å². The summed E-state index contributed by atoms with van der Waals surface area (Å²) in [5.74, 6) is -1.10. The lowest BCUT2D eigenvalue weighted by Gasteiger charge is -2.18. The zero-order valence-corrected chi connectivity index (χ0v) is 16.1. The van der Waals surface area contributed by atoms with Gasteiger partial charge in [0.05, 0.1) is 28.6 Å². The first-order valence-electron chi connectivity index (χ1n) is 10.2. The minimum absolute atomic E-state index is 0.137. The van der Waals surface area contributed by atoms with Gasteiger partial charge in [-0.1, -0.05) is 48.6 Å². The summed E-state index contributed by atoms with van der Waals surface area (Å²) >= 11 is 0. The van der Waals surface area contributed by atoms with Crippen molar-refractivity contribution in [3.63, 3.8) is 0 Å². The molecule has 0 spiro atoms. The van der Waals surface area contributed by atoms with Crippen molar-refractivity contribution in [1.29, 1.82) is 0 Å². The van der Waals surface area contributed by atoms with E-state index in [1.54, 1.807) is 0 Å². The molecule has 0 radical (unpaired) electrons. The number of hydrogen-bond acceptors (Lipinski definition) is 4. The largest absolute Gasteiger partial charge is 0.323 e. The van der Waals surface area contributed by atoms with E-state index in [1.165, 1.54) is 0 Å². The number of nitrogens with zero attached hydrogens (tertiary/aromatic N) is 2. The molecule has 3 aliphatic rings. The second-order valence-corrected chi connectivity index (χ2v) is 8.33. The van der Waals surface area contributed by atoms with E-state index in [9.17, 15) is 14.4 Å². The van der Waals surface area contributed by atoms with Crippen LogP contribution in [0.2, 0.25) is 0 Å². The molecule has 1 aliphatic heterocycles. The highest BCUT2D eigenvalue weighted by molar-refractivity contribution is 6.15. The molecule has 2 bridgehead atoms. The summed E-state index contributed by atoms with van der Waals surface area (Å²) in [6.45, 7) is -0.255. The SMILES string of the molecule is O=C(CN1C(=O)[C@@H]2[C@@H](C1=O)[C@H]1C=C[C@H]2C1)Nc1c2ccccc2nc2ccccc12. The van der Waals surface area contributed by atoms with Gasteiger partial charge in [0, 0.05) is 10.8 Å². The fraction of sp³-hybridized carbons (Fsp3) is 0.250. The fourth-order valence-corrected chi connectivity index (χ4v) is 5.42. The van der Waals surface area contributed by atoms with Crippen LogP contribution in [0.5, 0.6) is 0 Å². The summed E-state index contributed by atoms with van der Waals surface area (Å²) in [5.41, 5.74) is 2.20. The van der Waals surface area contributed by atoms with Crippen LogP contribution < -0.4 is 5.32 Å². The van der Waals surface area contributed by atoms with Crippen molar-refractivity contribution in [2.45, 2.75) is 6.42 Å². The average Bonchev–Trinajstić information content (AvgIpc) is 3.44. The second kappa shape index (κ2) is 6.23. The van der Waals surface area contributed by atoms with Crippen molar-refractivity contribution in [3.05, 3.63) is 60.7 Å². The van der Waals surface area contributed by atoms with Gasteiger partial charge in [0.2, 0.25) is 17.7 Å². The molecule has 148 valence electrons. The number of imide groups is 1. The summed E-state index contributed by atoms with van der Waals surface area (Å²) in [5, 5.41) is 4.60. The molecule has 2 aliphatic carbocycles. The van der Waals surface area contributed by atoms with Gasteiger partial charge in [-0.05, 0) is 30.4 Å². The Kier molecular flexibility index (Phi) is 3.60. The maximum Gasteiger partial charge on any atom is 0.244 e. The van der Waals surface area contributed by atoms with Gasteiger partial charge in [0.1, 0.15) is 6.54 Å². The number of pyridine rings is 1. The van der Waals surface area contributed by atoms with Gasteiger partial charge in [0.15, 0.2) is 0 Å². The Morgan fingerprint density at radius 3 is 2.00 bits per heavy atom. The molecule has 3 amide bonds. The molecule has 2 fully saturated rings. The Labute approximate surface area is 172 Å². The molecule has 1 saturated heterocycles. The lowest BCUT2D eigenvalue weighted by molar-refractivity contribution is -0.143. The normalized spacial score (nSPS) is 26.7. The Morgan fingerprint density at radius 2 is 1.43 bits per heavy atom. The number of benzene rings is 2. The third-order valence-electron chi connectivity index (χ3n) is 6.72. The third-order valence-corrected chi connectivity index (χ3v) is 6.72. The molecule has 2 aromatic carbocycles. The number of anilines is 1. The average molecular weight is 397 g/mol. The first kappa shape index (κ1) is 17.3. The summed E-state index contributed by atoms with van der Waals surface area (Å²) in [6, 6.07) is 15.2. The van der Waals surface area contributed by atoms with E-state index in [4.69, 9.17) is 0 Å². The standard InChI is InChI=1S/C24H19N3O3/c28-19(12-27-23(29)20-13-9-10-14(11-13)21(20)24(27)30)26-22-15-5-1-3-7-17(15)25-18-8-4-2-6-16(18)22/h1-10,13-14,20-21H,11-12H2,(H,25,26,28)/t13-,14-,20-,21-/m0/s1. The number of carbonyl (C=O) groups excluding carboxylic acids is 3. The van der Waals surface area contributed by atoms with E-state index >= 15 is 0 Å². The van der Waals surface area contributed by atoms with Crippen LogP contribution in [0.25, 0.3) is 21.8 Å². The maximum atomic E-state index is 13.0. The van der Waals surface area contributed by atoms with Gasteiger partial charge >= 0.3 is 0 Å². The molecule has 6 heteroatoms. The number of carbonyl (C=O) groups is 3. The number of allylic oxidation sites excluding steroid dienone is 2. The number of rotatable bonds is 3. The Hall–Kier alpha value is -3.54. The van der Waals surface area contributed by atoms with Gasteiger partial charge in [-0.15, -0.1) is 0 Å². The Bertz CT molecular complexity index is 1200. The molecule has 1 N–H and O–H groups in total. The predicted molar refractivity (Wildman–Crippen MR) is 112 cm³/mol. The van der Waals surface area contributed by atoms with Crippen LogP contribution in [0.15, 0.2) is 60.7 Å². The minimum atomic E-state index is -0.376. The summed E-state index contributed by atoms with van der Waals surface area (Å²) in [7, 11) is 0. The molecule has 3 aromatic rings. The highest BCUT2D eigenvalue weighted by Gasteiger charge is 2.59. The molecule has 2 heterocycles. The van der Waals surface area contributed by atoms with Crippen LogP contribution in [0.3, 0.4) is 0 Å². The molecule has 6 rings (SSSR count). The molecular formula is C24H19N3O3. The zero-order valence-electron chi connectivity index (χ0n) is 16.1. The van der Waals surface area contributed by atoms with Crippen LogP contribution in [-0.2, 0) is 14.4 Å². The predicted octanol–water partition coefficient (Wildman–Crippen LogP) is 3.13. The van der Waals surface area contributed by atoms with Gasteiger partial charge < -0.3 is 5.32 Å². The topological polar surface area (TPSA) is 79.4 Å². The first-order valence-corrected chi connectivity index (χ1v) is 10.2. The number of hydrogen-bond donors (Lipinski definition) is 1. The number of aromatic nitrogens is 1. The molecule has 1 aromatic heterocycles. The number of likely N-dealkylation sites (tertiary alicyclic amines) is 1. The monoisotopic (exact) mass is 397 g/mol. The Morgan fingerprint density at radius 1 is 0.900 bits per heavy atom. The highest BCUT2D eigenvalue weighted by Crippen LogP contribution is 2.52. The van der Waals surface area contributed by atoms with Crippen LogP contribution in [0, 0.1) is 23.7 Å². The smallest absolute Gasteiger partial charge is 0.244 e. The van der Waals surface area contributed by atoms with Crippen molar-refractivity contribution in [3.8, 4) is 0 Å². The van der Waals surface area contributed by atoms with Gasteiger partial charge in [-0.25, -0.2) is 4.98 Å². The van der Waals surface area contributed by atoms with Crippen molar-refractivity contribution in [1.82, 2.24) is 9.88 Å². The zero-order chi connectivity index (χ0) is 20.4. The van der Waals surface area contributed by atoms with Crippen molar-refractivity contribution in [2.75, 3.05) is 11.9 Å². The molecule has 0 unspecified atom stereocenters. The van der Waals surface area contributed by atoms with Crippen LogP contribution >= 0.6 is 0 Å². The minimum Gasteiger partial charge on any atom is -0.323 e. The van der Waals surface area contributed by atoms with E-state index in [-0.39, 0.29) is 47.9 Å². The molecule has 4 atom stereocenters. The van der Waals surface area contributed by atoms with E-state index in [0.717, 1.165) is 33.1 Å². The molecule has 6 nitrogen and oxygen atoms in total. The number of para-hydroxylation sites is 2. The van der Waals surface area contributed by atoms with Crippen LogP contribution in [0.4, 0.5) is 5.69 Å². The fourth-order valence-electron chi connectivity index (χ4n) is 5.42. The highest BCUT2D eigenvalue weighted by atomic mass is 16.2. The van der Waals surface area contributed by atoms with Gasteiger partial charge in [0.25, 0.3) is 0 Å². The summed E-state index contributed by atoms with van der Waals surface area (Å²) in [4.78, 5) is 44.5. The van der Waals surface area contributed by atoms with Crippen molar-refractivity contribution < 1.29 is 14.4 Å². The molecular weight excluding hydrogens is 378 g/mol. The second-order valence-electron chi connectivity index (χ2n) is 8.33. The molecule has 30 heavy (non-hydrogen) atoms. The van der Waals surface area contributed by atoms with E-state index in [1.807, 2.05) is 48.5 Å². The third kappa shape index (κ3) is 2.36. The quantitative estimate of drug-likeness (QED) is 0.418. The molecule has 1 saturated carbocycles. The maximum absolute atomic E-state index is 13.0. The van der Waals surface area contributed by atoms with Crippen molar-refractivity contribution >= 4 is 45.2 Å². The van der Waals surface area contributed by atoms with Crippen molar-refractivity contribution in [2.24, 2.45) is 23.7 Å². The first-order chi connectivity index (χ1) is 14.6. The van der Waals surface area contributed by atoms with Gasteiger partial charge in [-0.3, -0.25) is 19.3 Å². The Balaban J connectivity index is 1.31. The van der Waals surface area contributed by atoms with E-state index in [0.29, 0.717) is 5.69 Å².